The molecule has 1 aliphatic carbocycles. The Labute approximate surface area is 161 Å². The highest BCUT2D eigenvalue weighted by molar-refractivity contribution is 5.93. The van der Waals surface area contributed by atoms with Crippen LogP contribution in [0.2, 0.25) is 0 Å². The van der Waals surface area contributed by atoms with E-state index in [9.17, 15) is 4.79 Å². The zero-order valence-corrected chi connectivity index (χ0v) is 16.3. The summed E-state index contributed by atoms with van der Waals surface area (Å²) in [6.07, 6.45) is 10.8. The first-order valence-corrected chi connectivity index (χ1v) is 10.1. The molecule has 0 bridgehead atoms. The minimum Gasteiger partial charge on any atom is -0.356 e. The monoisotopic (exact) mass is 367 g/mol. The van der Waals surface area contributed by atoms with E-state index in [1.54, 1.807) is 11.1 Å². The van der Waals surface area contributed by atoms with E-state index in [-0.39, 0.29) is 5.91 Å². The molecule has 3 heterocycles. The van der Waals surface area contributed by atoms with E-state index < -0.39 is 0 Å². The number of anilines is 1. The van der Waals surface area contributed by atoms with Gasteiger partial charge < -0.3 is 14.4 Å². The second kappa shape index (κ2) is 7.71. The molecule has 4 rings (SSSR count). The minimum atomic E-state index is 0.0233. The largest absolute Gasteiger partial charge is 0.356 e. The van der Waals surface area contributed by atoms with E-state index in [0.29, 0.717) is 18.0 Å². The van der Waals surface area contributed by atoms with Crippen LogP contribution < -0.4 is 4.90 Å². The van der Waals surface area contributed by atoms with E-state index in [1.165, 1.54) is 25.1 Å². The average Bonchev–Trinajstić information content (AvgIpc) is 3.41. The summed E-state index contributed by atoms with van der Waals surface area (Å²) in [7, 11) is 1.81. The molecule has 1 atom stereocenters. The van der Waals surface area contributed by atoms with Gasteiger partial charge >= 0.3 is 0 Å². The van der Waals surface area contributed by atoms with Crippen molar-refractivity contribution in [3.8, 4) is 0 Å². The first kappa shape index (κ1) is 18.0. The van der Waals surface area contributed by atoms with Gasteiger partial charge in [0.15, 0.2) is 0 Å². The fraction of sp³-hybridized carbons (Fsp3) is 0.571. The molecule has 0 spiro atoms. The summed E-state index contributed by atoms with van der Waals surface area (Å²) in [4.78, 5) is 25.6. The van der Waals surface area contributed by atoms with Crippen molar-refractivity contribution in [2.45, 2.75) is 45.1 Å². The Kier molecular flexibility index (Phi) is 5.14. The number of carbonyl (C=O) groups is 1. The number of aromatic nitrogens is 3. The van der Waals surface area contributed by atoms with Gasteiger partial charge in [0.1, 0.15) is 11.6 Å². The molecule has 2 fully saturated rings. The molecule has 2 aromatic rings. The normalized spacial score (nSPS) is 19.9. The first-order valence-electron chi connectivity index (χ1n) is 10.1. The van der Waals surface area contributed by atoms with Crippen molar-refractivity contribution < 1.29 is 4.79 Å². The number of imidazole rings is 1. The molecule has 144 valence electrons. The number of hydrogen-bond donors (Lipinski definition) is 0. The molecule has 2 aromatic heterocycles. The maximum atomic E-state index is 12.3. The molecule has 27 heavy (non-hydrogen) atoms. The summed E-state index contributed by atoms with van der Waals surface area (Å²) in [6, 6.07) is 3.88. The van der Waals surface area contributed by atoms with Crippen molar-refractivity contribution in [2.24, 2.45) is 5.92 Å². The second-order valence-electron chi connectivity index (χ2n) is 7.89. The Hall–Kier alpha value is -2.37. The zero-order chi connectivity index (χ0) is 18.8. The number of hydrogen-bond acceptors (Lipinski definition) is 4. The summed E-state index contributed by atoms with van der Waals surface area (Å²) < 4.78 is 2.36. The number of piperidine rings is 1. The van der Waals surface area contributed by atoms with Crippen LogP contribution in [-0.4, -0.2) is 52.0 Å². The van der Waals surface area contributed by atoms with Gasteiger partial charge in [-0.3, -0.25) is 4.79 Å². The SMILES string of the molecule is CCN(C)C(=O)c1ccc(N2CCCC(c3nccn3CC3CC3)C2)nc1. The van der Waals surface area contributed by atoms with Crippen LogP contribution in [0.4, 0.5) is 5.82 Å². The van der Waals surface area contributed by atoms with E-state index in [1.807, 2.05) is 32.3 Å². The van der Waals surface area contributed by atoms with Crippen LogP contribution in [0.3, 0.4) is 0 Å². The third-order valence-corrected chi connectivity index (χ3v) is 5.83. The maximum absolute atomic E-state index is 12.3. The van der Waals surface area contributed by atoms with Gasteiger partial charge in [0, 0.05) is 57.7 Å². The van der Waals surface area contributed by atoms with Crippen molar-refractivity contribution in [2.75, 3.05) is 31.6 Å². The topological polar surface area (TPSA) is 54.3 Å². The first-order chi connectivity index (χ1) is 13.2. The van der Waals surface area contributed by atoms with Crippen LogP contribution in [0.5, 0.6) is 0 Å². The number of amides is 1. The summed E-state index contributed by atoms with van der Waals surface area (Å²) in [5.74, 6) is 3.50. The van der Waals surface area contributed by atoms with Crippen molar-refractivity contribution >= 4 is 11.7 Å². The van der Waals surface area contributed by atoms with Gasteiger partial charge in [-0.25, -0.2) is 9.97 Å². The van der Waals surface area contributed by atoms with Gasteiger partial charge in [-0.1, -0.05) is 0 Å². The zero-order valence-electron chi connectivity index (χ0n) is 16.3. The molecule has 1 saturated carbocycles. The van der Waals surface area contributed by atoms with Crippen LogP contribution in [0, 0.1) is 5.92 Å². The number of carbonyl (C=O) groups excluding carboxylic acids is 1. The van der Waals surface area contributed by atoms with Gasteiger partial charge in [-0.2, -0.15) is 0 Å². The Morgan fingerprint density at radius 3 is 2.81 bits per heavy atom. The smallest absolute Gasteiger partial charge is 0.255 e. The van der Waals surface area contributed by atoms with Crippen molar-refractivity contribution in [3.63, 3.8) is 0 Å². The van der Waals surface area contributed by atoms with Gasteiger partial charge in [0.25, 0.3) is 5.91 Å². The predicted octanol–water partition coefficient (Wildman–Crippen LogP) is 3.16. The van der Waals surface area contributed by atoms with Gasteiger partial charge in [0.05, 0.1) is 5.56 Å². The quantitative estimate of drug-likeness (QED) is 0.787. The van der Waals surface area contributed by atoms with Crippen LogP contribution >= 0.6 is 0 Å². The molecular formula is C21H29N5O. The predicted molar refractivity (Wildman–Crippen MR) is 106 cm³/mol. The molecular weight excluding hydrogens is 338 g/mol. The highest BCUT2D eigenvalue weighted by Crippen LogP contribution is 2.33. The van der Waals surface area contributed by atoms with Crippen LogP contribution in [0.15, 0.2) is 30.7 Å². The van der Waals surface area contributed by atoms with E-state index >= 15 is 0 Å². The lowest BCUT2D eigenvalue weighted by Gasteiger charge is -2.33. The Morgan fingerprint density at radius 2 is 2.11 bits per heavy atom. The molecule has 6 heteroatoms. The summed E-state index contributed by atoms with van der Waals surface area (Å²) in [5.41, 5.74) is 0.650. The molecule has 6 nitrogen and oxygen atoms in total. The lowest BCUT2D eigenvalue weighted by molar-refractivity contribution is 0.0802. The lowest BCUT2D eigenvalue weighted by Crippen LogP contribution is -2.36. The highest BCUT2D eigenvalue weighted by atomic mass is 16.2. The van der Waals surface area contributed by atoms with Crippen LogP contribution in [0.25, 0.3) is 0 Å². The van der Waals surface area contributed by atoms with Crippen LogP contribution in [0.1, 0.15) is 54.7 Å². The van der Waals surface area contributed by atoms with Gasteiger partial charge in [-0.05, 0) is 50.7 Å². The Bertz CT molecular complexity index is 780. The van der Waals surface area contributed by atoms with E-state index in [0.717, 1.165) is 37.8 Å². The third kappa shape index (κ3) is 3.99. The van der Waals surface area contributed by atoms with E-state index in [2.05, 4.69) is 25.6 Å². The number of nitrogens with zero attached hydrogens (tertiary/aromatic N) is 5. The molecule has 1 saturated heterocycles. The highest BCUT2D eigenvalue weighted by Gasteiger charge is 2.28. The van der Waals surface area contributed by atoms with Crippen molar-refractivity contribution in [1.82, 2.24) is 19.4 Å². The molecule has 0 N–H and O–H groups in total. The molecule has 2 aliphatic rings. The molecule has 1 unspecified atom stereocenters. The fourth-order valence-electron chi connectivity index (χ4n) is 3.87. The number of pyridine rings is 1. The average molecular weight is 367 g/mol. The lowest BCUT2D eigenvalue weighted by atomic mass is 9.97. The standard InChI is InChI=1S/C21H29N5O/c1-3-24(2)21(27)17-8-9-19(23-13-17)25-11-4-5-18(15-25)20-22-10-12-26(20)14-16-6-7-16/h8-10,12-13,16,18H,3-7,11,14-15H2,1-2H3. The number of rotatable bonds is 6. The fourth-order valence-corrected chi connectivity index (χ4v) is 3.87. The molecule has 0 radical (unpaired) electrons. The maximum Gasteiger partial charge on any atom is 0.255 e. The summed E-state index contributed by atoms with van der Waals surface area (Å²) in [6.45, 7) is 5.74. The van der Waals surface area contributed by atoms with Crippen molar-refractivity contribution in [3.05, 3.63) is 42.1 Å². The molecule has 1 aliphatic heterocycles. The third-order valence-electron chi connectivity index (χ3n) is 5.83. The Morgan fingerprint density at radius 1 is 1.26 bits per heavy atom. The Balaban J connectivity index is 1.45. The second-order valence-corrected chi connectivity index (χ2v) is 7.89. The summed E-state index contributed by atoms with van der Waals surface area (Å²) in [5, 5.41) is 0. The molecule has 1 amide bonds. The van der Waals surface area contributed by atoms with Gasteiger partial charge in [-0.15, -0.1) is 0 Å². The van der Waals surface area contributed by atoms with Crippen LogP contribution in [-0.2, 0) is 6.54 Å². The molecule has 0 aromatic carbocycles. The summed E-state index contributed by atoms with van der Waals surface area (Å²) >= 11 is 0. The van der Waals surface area contributed by atoms with E-state index in [4.69, 9.17) is 0 Å². The minimum absolute atomic E-state index is 0.0233. The van der Waals surface area contributed by atoms with Gasteiger partial charge in [0.2, 0.25) is 0 Å². The van der Waals surface area contributed by atoms with Crippen molar-refractivity contribution in [1.29, 1.82) is 0 Å².